The van der Waals surface area contributed by atoms with Crippen molar-refractivity contribution in [2.45, 2.75) is 19.4 Å². The number of hydrogen-bond acceptors (Lipinski definition) is 7. The quantitative estimate of drug-likeness (QED) is 0.776. The van der Waals surface area contributed by atoms with E-state index in [0.717, 1.165) is 18.4 Å². The van der Waals surface area contributed by atoms with Crippen LogP contribution in [0.25, 0.3) is 0 Å². The third-order valence-electron chi connectivity index (χ3n) is 4.60. The van der Waals surface area contributed by atoms with Gasteiger partial charge in [-0.05, 0) is 24.5 Å². The number of aromatic nitrogens is 2. The predicted molar refractivity (Wildman–Crippen MR) is 102 cm³/mol. The zero-order chi connectivity index (χ0) is 18.5. The Morgan fingerprint density at radius 2 is 2.08 bits per heavy atom. The summed E-state index contributed by atoms with van der Waals surface area (Å²) in [5.41, 5.74) is 7.74. The number of carbonyl (C=O) groups is 1. The third-order valence-corrected chi connectivity index (χ3v) is 4.96. The number of rotatable bonds is 5. The first-order valence-corrected chi connectivity index (χ1v) is 8.88. The first-order valence-electron chi connectivity index (χ1n) is 8.50. The van der Waals surface area contributed by atoms with Gasteiger partial charge >= 0.3 is 5.97 Å². The van der Waals surface area contributed by atoms with Crippen molar-refractivity contribution >= 4 is 34.9 Å². The Labute approximate surface area is 157 Å². The van der Waals surface area contributed by atoms with E-state index >= 15 is 0 Å². The van der Waals surface area contributed by atoms with Crippen molar-refractivity contribution in [1.82, 2.24) is 9.97 Å². The summed E-state index contributed by atoms with van der Waals surface area (Å²) in [6, 6.07) is 7.62. The molecule has 0 bridgehead atoms. The van der Waals surface area contributed by atoms with Gasteiger partial charge in [0, 0.05) is 24.7 Å². The topological polar surface area (TPSA) is 93.4 Å². The van der Waals surface area contributed by atoms with E-state index in [1.807, 2.05) is 24.3 Å². The smallest absolute Gasteiger partial charge is 0.308 e. The SMILES string of the molecule is COC(=O)C1CCN(c2ncnc(NCc3ccccc3Cl)c2N)CC1. The molecule has 1 aromatic carbocycles. The third kappa shape index (κ3) is 3.99. The highest BCUT2D eigenvalue weighted by Gasteiger charge is 2.27. The molecule has 1 aliphatic heterocycles. The molecule has 2 heterocycles. The number of esters is 1. The maximum absolute atomic E-state index is 11.7. The van der Waals surface area contributed by atoms with Crippen LogP contribution < -0.4 is 16.0 Å². The number of anilines is 3. The molecule has 8 heteroatoms. The van der Waals surface area contributed by atoms with Gasteiger partial charge in [-0.1, -0.05) is 29.8 Å². The molecule has 0 saturated carbocycles. The van der Waals surface area contributed by atoms with Crippen molar-refractivity contribution in [1.29, 1.82) is 0 Å². The molecule has 3 N–H and O–H groups in total. The van der Waals surface area contributed by atoms with Gasteiger partial charge in [-0.25, -0.2) is 9.97 Å². The van der Waals surface area contributed by atoms with Crippen LogP contribution in [0.1, 0.15) is 18.4 Å². The summed E-state index contributed by atoms with van der Waals surface area (Å²) in [5, 5.41) is 3.92. The first-order chi connectivity index (χ1) is 12.6. The van der Waals surface area contributed by atoms with Gasteiger partial charge in [-0.2, -0.15) is 0 Å². The second-order valence-corrected chi connectivity index (χ2v) is 6.60. The van der Waals surface area contributed by atoms with Crippen LogP contribution >= 0.6 is 11.6 Å². The molecule has 3 rings (SSSR count). The number of piperidine rings is 1. The Morgan fingerprint density at radius 1 is 1.35 bits per heavy atom. The van der Waals surface area contributed by atoms with Crippen LogP contribution in [-0.2, 0) is 16.1 Å². The Balaban J connectivity index is 1.68. The molecule has 0 radical (unpaired) electrons. The van der Waals surface area contributed by atoms with Crippen LogP contribution in [0.4, 0.5) is 17.3 Å². The van der Waals surface area contributed by atoms with Crippen molar-refractivity contribution in [2.24, 2.45) is 5.92 Å². The number of benzene rings is 1. The lowest BCUT2D eigenvalue weighted by atomic mass is 9.97. The molecular formula is C18H22ClN5O2. The van der Waals surface area contributed by atoms with Crippen molar-refractivity contribution in [3.8, 4) is 0 Å². The van der Waals surface area contributed by atoms with Crippen LogP contribution in [0.5, 0.6) is 0 Å². The van der Waals surface area contributed by atoms with Crippen LogP contribution in [0.2, 0.25) is 5.02 Å². The summed E-state index contributed by atoms with van der Waals surface area (Å²) in [5.74, 6) is 1.05. The van der Waals surface area contributed by atoms with Crippen LogP contribution in [0.3, 0.4) is 0 Å². The lowest BCUT2D eigenvalue weighted by Crippen LogP contribution is -2.37. The zero-order valence-corrected chi connectivity index (χ0v) is 15.4. The number of nitrogen functional groups attached to an aromatic ring is 1. The summed E-state index contributed by atoms with van der Waals surface area (Å²) in [6.45, 7) is 1.92. The fourth-order valence-electron chi connectivity index (χ4n) is 3.09. The number of nitrogens with zero attached hydrogens (tertiary/aromatic N) is 3. The summed E-state index contributed by atoms with van der Waals surface area (Å²) in [6.07, 6.45) is 2.93. The van der Waals surface area contributed by atoms with E-state index in [1.54, 1.807) is 0 Å². The van der Waals surface area contributed by atoms with Crippen molar-refractivity contribution in [3.05, 3.63) is 41.2 Å². The van der Waals surface area contributed by atoms with E-state index in [9.17, 15) is 4.79 Å². The number of ether oxygens (including phenoxy) is 1. The van der Waals surface area contributed by atoms with Crippen molar-refractivity contribution in [3.63, 3.8) is 0 Å². The number of methoxy groups -OCH3 is 1. The molecule has 1 saturated heterocycles. The van der Waals surface area contributed by atoms with E-state index in [2.05, 4.69) is 20.2 Å². The predicted octanol–water partition coefficient (Wildman–Crippen LogP) is 2.71. The molecule has 1 aromatic heterocycles. The van der Waals surface area contributed by atoms with Gasteiger partial charge in [-0.3, -0.25) is 4.79 Å². The molecule has 2 aromatic rings. The summed E-state index contributed by atoms with van der Waals surface area (Å²) < 4.78 is 4.83. The number of nitrogens with two attached hydrogens (primary N) is 1. The Hall–Kier alpha value is -2.54. The van der Waals surface area contributed by atoms with Gasteiger partial charge < -0.3 is 20.7 Å². The molecule has 26 heavy (non-hydrogen) atoms. The van der Waals surface area contributed by atoms with Gasteiger partial charge in [0.1, 0.15) is 12.0 Å². The minimum absolute atomic E-state index is 0.0582. The monoisotopic (exact) mass is 375 g/mol. The average Bonchev–Trinajstić information content (AvgIpc) is 2.68. The standard InChI is InChI=1S/C18H22ClN5O2/c1-26-18(25)12-6-8-24(9-7-12)17-15(20)16(22-11-23-17)21-10-13-4-2-3-5-14(13)19/h2-5,11-12H,6-10,20H2,1H3,(H,21,22,23). The van der Waals surface area contributed by atoms with Gasteiger partial charge in [0.05, 0.1) is 13.0 Å². The van der Waals surface area contributed by atoms with Crippen molar-refractivity contribution < 1.29 is 9.53 Å². The number of nitrogens with one attached hydrogen (secondary N) is 1. The summed E-state index contributed by atoms with van der Waals surface area (Å²) >= 11 is 6.18. The molecule has 138 valence electrons. The normalized spacial score (nSPS) is 14.9. The lowest BCUT2D eigenvalue weighted by molar-refractivity contribution is -0.146. The maximum Gasteiger partial charge on any atom is 0.308 e. The van der Waals surface area contributed by atoms with E-state index in [4.69, 9.17) is 22.1 Å². The van der Waals surface area contributed by atoms with E-state index in [1.165, 1.54) is 13.4 Å². The number of hydrogen-bond donors (Lipinski definition) is 2. The minimum Gasteiger partial charge on any atom is -0.469 e. The molecular weight excluding hydrogens is 354 g/mol. The van der Waals surface area contributed by atoms with Gasteiger partial charge in [0.25, 0.3) is 0 Å². The summed E-state index contributed by atoms with van der Waals surface area (Å²) in [4.78, 5) is 22.3. The van der Waals surface area contributed by atoms with E-state index < -0.39 is 0 Å². The second kappa shape index (κ2) is 8.23. The fraction of sp³-hybridized carbons (Fsp3) is 0.389. The largest absolute Gasteiger partial charge is 0.469 e. The Kier molecular flexibility index (Phi) is 5.78. The highest BCUT2D eigenvalue weighted by atomic mass is 35.5. The van der Waals surface area contributed by atoms with Crippen molar-refractivity contribution in [2.75, 3.05) is 36.1 Å². The molecule has 1 fully saturated rings. The van der Waals surface area contributed by atoms with Crippen LogP contribution in [0.15, 0.2) is 30.6 Å². The molecule has 0 aliphatic carbocycles. The van der Waals surface area contributed by atoms with Gasteiger partial charge in [-0.15, -0.1) is 0 Å². The molecule has 0 spiro atoms. The van der Waals surface area contributed by atoms with E-state index in [-0.39, 0.29) is 11.9 Å². The Morgan fingerprint density at radius 3 is 2.77 bits per heavy atom. The molecule has 0 amide bonds. The summed E-state index contributed by atoms with van der Waals surface area (Å²) in [7, 11) is 1.42. The minimum atomic E-state index is -0.151. The number of carbonyl (C=O) groups excluding carboxylic acids is 1. The second-order valence-electron chi connectivity index (χ2n) is 6.19. The number of halogens is 1. The first kappa shape index (κ1) is 18.3. The maximum atomic E-state index is 11.7. The molecule has 1 aliphatic rings. The average molecular weight is 376 g/mol. The lowest BCUT2D eigenvalue weighted by Gasteiger charge is -2.32. The molecule has 0 unspecified atom stereocenters. The molecule has 0 atom stereocenters. The fourth-order valence-corrected chi connectivity index (χ4v) is 3.30. The van der Waals surface area contributed by atoms with Crippen LogP contribution in [-0.4, -0.2) is 36.1 Å². The Bertz CT molecular complexity index is 778. The van der Waals surface area contributed by atoms with E-state index in [0.29, 0.717) is 42.0 Å². The van der Waals surface area contributed by atoms with Gasteiger partial charge in [0.2, 0.25) is 0 Å². The highest BCUT2D eigenvalue weighted by Crippen LogP contribution is 2.30. The molecule has 7 nitrogen and oxygen atoms in total. The van der Waals surface area contributed by atoms with Crippen LogP contribution in [0, 0.1) is 5.92 Å². The van der Waals surface area contributed by atoms with Gasteiger partial charge in [0.15, 0.2) is 11.6 Å². The highest BCUT2D eigenvalue weighted by molar-refractivity contribution is 6.31. The zero-order valence-electron chi connectivity index (χ0n) is 14.6.